The van der Waals surface area contributed by atoms with Crippen molar-refractivity contribution >= 4 is 34.2 Å². The van der Waals surface area contributed by atoms with Crippen molar-refractivity contribution in [1.82, 2.24) is 19.1 Å². The van der Waals surface area contributed by atoms with Gasteiger partial charge in [-0.1, -0.05) is 13.8 Å². The lowest BCUT2D eigenvalue weighted by Crippen LogP contribution is -2.44. The van der Waals surface area contributed by atoms with Gasteiger partial charge >= 0.3 is 0 Å². The predicted molar refractivity (Wildman–Crippen MR) is 112 cm³/mol. The molecule has 0 aliphatic carbocycles. The molecule has 0 bridgehead atoms. The molecule has 0 N–H and O–H groups in total. The molecular weight excluding hydrogens is 432 g/mol. The zero-order chi connectivity index (χ0) is 20.9. The van der Waals surface area contributed by atoms with Crippen LogP contribution in [0.4, 0.5) is 0 Å². The van der Waals surface area contributed by atoms with Gasteiger partial charge in [0.15, 0.2) is 5.69 Å². The number of amides is 2. The van der Waals surface area contributed by atoms with E-state index in [4.69, 9.17) is 4.42 Å². The monoisotopic (exact) mass is 460 g/mol. The van der Waals surface area contributed by atoms with Gasteiger partial charge in [0.25, 0.3) is 5.91 Å². The Hall–Kier alpha value is -1.65. The first-order valence-electron chi connectivity index (χ1n) is 10.2. The summed E-state index contributed by atoms with van der Waals surface area (Å²) in [6, 6.07) is -0.978. The number of fused-ring (bicyclic) bond motifs is 1. The number of carbonyl (C=O) groups is 2. The highest BCUT2D eigenvalue weighted by atomic mass is 35.5. The number of sulfonamides is 1. The van der Waals surface area contributed by atoms with Crippen LogP contribution in [0.5, 0.6) is 0 Å². The molecule has 2 amide bonds. The lowest BCUT2D eigenvalue weighted by Gasteiger charge is -2.28. The molecule has 4 heterocycles. The van der Waals surface area contributed by atoms with Crippen LogP contribution >= 0.6 is 12.4 Å². The molecule has 0 unspecified atom stereocenters. The summed E-state index contributed by atoms with van der Waals surface area (Å²) >= 11 is 0. The van der Waals surface area contributed by atoms with E-state index in [-0.39, 0.29) is 29.9 Å². The molecule has 3 fully saturated rings. The third kappa shape index (κ3) is 3.97. The molecule has 1 aromatic rings. The van der Waals surface area contributed by atoms with Gasteiger partial charge in [0, 0.05) is 6.54 Å². The predicted octanol–water partition coefficient (Wildman–Crippen LogP) is 1.35. The zero-order valence-electron chi connectivity index (χ0n) is 17.5. The molecule has 0 spiro atoms. The summed E-state index contributed by atoms with van der Waals surface area (Å²) in [4.78, 5) is 34.3. The molecular formula is C19H29ClN4O5S. The average Bonchev–Trinajstić information content (AvgIpc) is 3.37. The first-order valence-corrected chi connectivity index (χ1v) is 12.0. The second kappa shape index (κ2) is 8.47. The van der Waals surface area contributed by atoms with E-state index < -0.39 is 33.9 Å². The van der Waals surface area contributed by atoms with Crippen molar-refractivity contribution in [2.24, 2.45) is 11.8 Å². The van der Waals surface area contributed by atoms with E-state index in [0.717, 1.165) is 36.5 Å². The number of rotatable bonds is 5. The average molecular weight is 461 g/mol. The molecule has 168 valence electrons. The van der Waals surface area contributed by atoms with Gasteiger partial charge < -0.3 is 9.32 Å². The van der Waals surface area contributed by atoms with Crippen LogP contribution < -0.4 is 0 Å². The highest BCUT2D eigenvalue weighted by Crippen LogP contribution is 2.41. The second-order valence-corrected chi connectivity index (χ2v) is 10.5. The fraction of sp³-hybridized carbons (Fsp3) is 0.737. The lowest BCUT2D eigenvalue weighted by molar-refractivity contribution is -0.129. The van der Waals surface area contributed by atoms with E-state index in [9.17, 15) is 18.0 Å². The molecule has 11 heteroatoms. The Kier molecular flexibility index (Phi) is 6.50. The van der Waals surface area contributed by atoms with E-state index in [1.54, 1.807) is 4.90 Å². The van der Waals surface area contributed by atoms with Crippen LogP contribution in [-0.4, -0.2) is 77.3 Å². The summed E-state index contributed by atoms with van der Waals surface area (Å²) in [5.41, 5.74) is 0.215. The molecule has 3 saturated heterocycles. The van der Waals surface area contributed by atoms with Crippen LogP contribution in [0, 0.1) is 11.8 Å². The number of aromatic nitrogens is 1. The molecule has 0 radical (unpaired) electrons. The number of likely N-dealkylation sites (tertiary alicyclic amines) is 2. The topological polar surface area (TPSA) is 104 Å². The first-order chi connectivity index (χ1) is 13.7. The maximum atomic E-state index is 13.2. The van der Waals surface area contributed by atoms with Gasteiger partial charge in [-0.3, -0.25) is 14.5 Å². The zero-order valence-corrected chi connectivity index (χ0v) is 19.1. The second-order valence-electron chi connectivity index (χ2n) is 8.62. The summed E-state index contributed by atoms with van der Waals surface area (Å²) in [6.45, 7) is 6.74. The fourth-order valence-corrected chi connectivity index (χ4v) is 6.20. The maximum absolute atomic E-state index is 13.2. The maximum Gasteiger partial charge on any atom is 0.276 e. The van der Waals surface area contributed by atoms with Crippen LogP contribution in [0.15, 0.2) is 10.7 Å². The van der Waals surface area contributed by atoms with Crippen molar-refractivity contribution in [3.63, 3.8) is 0 Å². The Labute approximate surface area is 183 Å². The highest BCUT2D eigenvalue weighted by Gasteiger charge is 2.58. The van der Waals surface area contributed by atoms with Gasteiger partial charge in [0.2, 0.25) is 21.8 Å². The third-order valence-electron chi connectivity index (χ3n) is 6.26. The standard InChI is InChI=1S/C19H28N4O5S.ClH/c1-12(2)16-17-14(23(19(16)25)29(3,26)27)6-9-22(17)18(24)13-11-28-15(20-13)10-21-7-4-5-8-21;/h11-12,14,16-17H,4-10H2,1-3H3;1H/t14-,16+,17-;/m1./s1. The molecule has 0 saturated carbocycles. The van der Waals surface area contributed by atoms with E-state index in [1.165, 1.54) is 6.26 Å². The number of nitrogens with zero attached hydrogens (tertiary/aromatic N) is 4. The quantitative estimate of drug-likeness (QED) is 0.653. The summed E-state index contributed by atoms with van der Waals surface area (Å²) < 4.78 is 31.0. The summed E-state index contributed by atoms with van der Waals surface area (Å²) in [5, 5.41) is 0. The van der Waals surface area contributed by atoms with Gasteiger partial charge in [-0.15, -0.1) is 12.4 Å². The van der Waals surface area contributed by atoms with E-state index in [2.05, 4.69) is 9.88 Å². The summed E-state index contributed by atoms with van der Waals surface area (Å²) in [6.07, 6.45) is 5.18. The first kappa shape index (κ1) is 23.0. The largest absolute Gasteiger partial charge is 0.447 e. The fourth-order valence-electron chi connectivity index (χ4n) is 5.03. The Bertz CT molecular complexity index is 912. The Balaban J connectivity index is 0.00000256. The van der Waals surface area contributed by atoms with Crippen molar-refractivity contribution in [3.05, 3.63) is 17.8 Å². The van der Waals surface area contributed by atoms with Gasteiger partial charge in [-0.25, -0.2) is 17.7 Å². The van der Waals surface area contributed by atoms with Crippen LogP contribution in [0.3, 0.4) is 0 Å². The SMILES string of the molecule is CC(C)[C@@H]1C(=O)N(S(C)(=O)=O)[C@@H]2CCN(C(=O)c3coc(CN4CCCC4)n3)[C@H]21.Cl. The van der Waals surface area contributed by atoms with E-state index >= 15 is 0 Å². The third-order valence-corrected chi connectivity index (χ3v) is 7.42. The van der Waals surface area contributed by atoms with Gasteiger partial charge in [-0.2, -0.15) is 0 Å². The van der Waals surface area contributed by atoms with Crippen molar-refractivity contribution in [3.8, 4) is 0 Å². The number of halogens is 1. The molecule has 3 aliphatic heterocycles. The van der Waals surface area contributed by atoms with Crippen molar-refractivity contribution in [2.45, 2.75) is 51.7 Å². The summed E-state index contributed by atoms with van der Waals surface area (Å²) in [5.74, 6) is -0.838. The number of hydrogen-bond donors (Lipinski definition) is 0. The Morgan fingerprint density at radius 3 is 2.53 bits per heavy atom. The summed E-state index contributed by atoms with van der Waals surface area (Å²) in [7, 11) is -3.69. The number of hydrogen-bond acceptors (Lipinski definition) is 7. The van der Waals surface area contributed by atoms with Crippen LogP contribution in [0.2, 0.25) is 0 Å². The molecule has 3 atom stereocenters. The van der Waals surface area contributed by atoms with Gasteiger partial charge in [-0.05, 0) is 38.3 Å². The number of oxazole rings is 1. The minimum Gasteiger partial charge on any atom is -0.447 e. The van der Waals surface area contributed by atoms with E-state index in [1.807, 2.05) is 13.8 Å². The molecule has 9 nitrogen and oxygen atoms in total. The molecule has 4 rings (SSSR count). The Morgan fingerprint density at radius 1 is 1.27 bits per heavy atom. The van der Waals surface area contributed by atoms with Crippen molar-refractivity contribution in [2.75, 3.05) is 25.9 Å². The minimum atomic E-state index is -3.69. The smallest absolute Gasteiger partial charge is 0.276 e. The highest BCUT2D eigenvalue weighted by molar-refractivity contribution is 7.88. The minimum absolute atomic E-state index is 0. The van der Waals surface area contributed by atoms with Crippen LogP contribution in [0.25, 0.3) is 0 Å². The van der Waals surface area contributed by atoms with E-state index in [0.29, 0.717) is 25.4 Å². The van der Waals surface area contributed by atoms with Gasteiger partial charge in [0.05, 0.1) is 30.8 Å². The molecule has 0 aromatic carbocycles. The Morgan fingerprint density at radius 2 is 1.93 bits per heavy atom. The molecule has 30 heavy (non-hydrogen) atoms. The van der Waals surface area contributed by atoms with Crippen LogP contribution in [0.1, 0.15) is 49.5 Å². The van der Waals surface area contributed by atoms with Crippen molar-refractivity contribution < 1.29 is 22.4 Å². The molecule has 3 aliphatic rings. The number of carbonyl (C=O) groups excluding carboxylic acids is 2. The van der Waals surface area contributed by atoms with Gasteiger partial charge in [0.1, 0.15) is 6.26 Å². The molecule has 1 aromatic heterocycles. The normalized spacial score (nSPS) is 27.1. The van der Waals surface area contributed by atoms with Crippen molar-refractivity contribution in [1.29, 1.82) is 0 Å². The van der Waals surface area contributed by atoms with Crippen LogP contribution in [-0.2, 0) is 21.4 Å². The lowest BCUT2D eigenvalue weighted by atomic mass is 9.88.